The molecule has 0 saturated heterocycles. The predicted molar refractivity (Wildman–Crippen MR) is 114 cm³/mol. The van der Waals surface area contributed by atoms with Crippen molar-refractivity contribution in [3.8, 4) is 11.5 Å². The lowest BCUT2D eigenvalue weighted by Crippen LogP contribution is -2.29. The smallest absolute Gasteiger partial charge is 0.258 e. The highest BCUT2D eigenvalue weighted by molar-refractivity contribution is 5.78. The van der Waals surface area contributed by atoms with E-state index in [1.807, 2.05) is 18.2 Å². The molecule has 0 spiro atoms. The van der Waals surface area contributed by atoms with Crippen LogP contribution in [0.3, 0.4) is 0 Å². The summed E-state index contributed by atoms with van der Waals surface area (Å²) < 4.78 is 37.3. The Morgan fingerprint density at radius 3 is 1.53 bits per heavy atom. The van der Waals surface area contributed by atoms with Crippen molar-refractivity contribution in [2.45, 2.75) is 13.1 Å². The highest BCUT2D eigenvalue weighted by Gasteiger charge is 2.08. The number of para-hydroxylation sites is 2. The van der Waals surface area contributed by atoms with E-state index in [2.05, 4.69) is 10.6 Å². The minimum absolute atomic E-state index is 0.0133. The third kappa shape index (κ3) is 7.09. The van der Waals surface area contributed by atoms with Crippen LogP contribution in [0.4, 0.5) is 8.78 Å². The summed E-state index contributed by atoms with van der Waals surface area (Å²) in [4.78, 5) is 23.9. The van der Waals surface area contributed by atoms with Gasteiger partial charge in [0.1, 0.15) is 0 Å². The first kappa shape index (κ1) is 22.7. The summed E-state index contributed by atoms with van der Waals surface area (Å²) in [6.07, 6.45) is 0. The van der Waals surface area contributed by atoms with E-state index in [1.165, 1.54) is 36.4 Å². The van der Waals surface area contributed by atoms with Crippen LogP contribution in [0.2, 0.25) is 0 Å². The Morgan fingerprint density at radius 2 is 1.09 bits per heavy atom. The van der Waals surface area contributed by atoms with Crippen LogP contribution in [0.25, 0.3) is 0 Å². The van der Waals surface area contributed by atoms with Crippen LogP contribution in [0.1, 0.15) is 11.1 Å². The molecule has 0 unspecified atom stereocenters. The minimum atomic E-state index is -0.533. The Morgan fingerprint density at radius 1 is 0.656 bits per heavy atom. The van der Waals surface area contributed by atoms with Gasteiger partial charge < -0.3 is 20.1 Å². The number of ether oxygens (including phenoxy) is 2. The maximum absolute atomic E-state index is 13.5. The van der Waals surface area contributed by atoms with Crippen LogP contribution >= 0.6 is 0 Å². The van der Waals surface area contributed by atoms with Gasteiger partial charge in [-0.3, -0.25) is 9.59 Å². The molecule has 0 atom stereocenters. The Hall–Kier alpha value is -3.94. The number of hydrogen-bond acceptors (Lipinski definition) is 4. The van der Waals surface area contributed by atoms with Gasteiger partial charge in [0.2, 0.25) is 0 Å². The van der Waals surface area contributed by atoms with Crippen LogP contribution in [-0.2, 0) is 22.7 Å². The van der Waals surface area contributed by atoms with Crippen molar-refractivity contribution in [1.29, 1.82) is 0 Å². The van der Waals surface area contributed by atoms with Crippen LogP contribution < -0.4 is 20.1 Å². The fourth-order valence-corrected chi connectivity index (χ4v) is 2.76. The summed E-state index contributed by atoms with van der Waals surface area (Å²) in [5.74, 6) is -1.82. The summed E-state index contributed by atoms with van der Waals surface area (Å²) in [5.41, 5.74) is 1.64. The van der Waals surface area contributed by atoms with Gasteiger partial charge in [0.15, 0.2) is 36.3 Å². The van der Waals surface area contributed by atoms with Gasteiger partial charge in [0.25, 0.3) is 11.8 Å². The molecule has 0 saturated carbocycles. The average molecular weight is 440 g/mol. The van der Waals surface area contributed by atoms with Gasteiger partial charge in [-0.15, -0.1) is 0 Å². The molecule has 0 aliphatic rings. The number of hydrogen-bond donors (Lipinski definition) is 2. The summed E-state index contributed by atoms with van der Waals surface area (Å²) in [6.45, 7) is -0.118. The van der Waals surface area contributed by atoms with Crippen LogP contribution in [-0.4, -0.2) is 25.0 Å². The third-order valence-electron chi connectivity index (χ3n) is 4.36. The van der Waals surface area contributed by atoms with Crippen LogP contribution in [0.15, 0.2) is 72.8 Å². The quantitative estimate of drug-likeness (QED) is 0.507. The topological polar surface area (TPSA) is 76.7 Å². The number of halogens is 2. The van der Waals surface area contributed by atoms with Crippen LogP contribution in [0.5, 0.6) is 11.5 Å². The second-order valence-electron chi connectivity index (χ2n) is 6.81. The predicted octanol–water partition coefficient (Wildman–Crippen LogP) is 3.36. The zero-order valence-corrected chi connectivity index (χ0v) is 17.1. The summed E-state index contributed by atoms with van der Waals surface area (Å²) >= 11 is 0. The number of benzene rings is 3. The standard InChI is InChI=1S/C24H22F2N2O4/c25-19-8-1-3-10-21(19)31-15-23(29)27-13-17-6-5-7-18(12-17)14-28-24(30)16-32-22-11-4-2-9-20(22)26/h1-12H,13-16H2,(H,27,29)(H,28,30). The molecule has 8 heteroatoms. The lowest BCUT2D eigenvalue weighted by Gasteiger charge is -2.10. The van der Waals surface area contributed by atoms with Crippen molar-refractivity contribution in [1.82, 2.24) is 10.6 Å². The maximum Gasteiger partial charge on any atom is 0.258 e. The Kier molecular flexibility index (Phi) is 8.14. The Labute approximate surface area is 184 Å². The zero-order chi connectivity index (χ0) is 22.8. The molecule has 2 amide bonds. The van der Waals surface area contributed by atoms with Gasteiger partial charge in [0, 0.05) is 13.1 Å². The number of carbonyl (C=O) groups is 2. The number of amides is 2. The second kappa shape index (κ2) is 11.5. The molecule has 0 bridgehead atoms. The number of carbonyl (C=O) groups excluding carboxylic acids is 2. The average Bonchev–Trinajstić information content (AvgIpc) is 2.80. The lowest BCUT2D eigenvalue weighted by molar-refractivity contribution is -0.124. The maximum atomic E-state index is 13.5. The fourth-order valence-electron chi connectivity index (χ4n) is 2.76. The van der Waals surface area contributed by atoms with Gasteiger partial charge in [-0.25, -0.2) is 8.78 Å². The Bertz CT molecular complexity index is 994. The summed E-state index contributed by atoms with van der Waals surface area (Å²) in [5, 5.41) is 5.39. The van der Waals surface area contributed by atoms with E-state index in [4.69, 9.17) is 9.47 Å². The van der Waals surface area contributed by atoms with Gasteiger partial charge in [-0.2, -0.15) is 0 Å². The lowest BCUT2D eigenvalue weighted by atomic mass is 10.1. The molecule has 6 nitrogen and oxygen atoms in total. The molecule has 32 heavy (non-hydrogen) atoms. The Balaban J connectivity index is 1.40. The molecule has 0 heterocycles. The largest absolute Gasteiger partial charge is 0.481 e. The van der Waals surface area contributed by atoms with E-state index >= 15 is 0 Å². The summed E-state index contributed by atoms with van der Waals surface area (Å²) in [7, 11) is 0. The second-order valence-corrected chi connectivity index (χ2v) is 6.81. The van der Waals surface area contributed by atoms with Gasteiger partial charge in [0.05, 0.1) is 0 Å². The van der Waals surface area contributed by atoms with Gasteiger partial charge in [-0.05, 0) is 35.4 Å². The first-order chi connectivity index (χ1) is 15.5. The minimum Gasteiger partial charge on any atom is -0.481 e. The molecular weight excluding hydrogens is 418 g/mol. The van der Waals surface area contributed by atoms with Crippen molar-refractivity contribution in [2.75, 3.05) is 13.2 Å². The fraction of sp³-hybridized carbons (Fsp3) is 0.167. The SMILES string of the molecule is O=C(COc1ccccc1F)NCc1cccc(CNC(=O)COc2ccccc2F)c1. The highest BCUT2D eigenvalue weighted by atomic mass is 19.1. The summed E-state index contributed by atoms with van der Waals surface area (Å²) in [6, 6.07) is 19.0. The zero-order valence-electron chi connectivity index (χ0n) is 17.1. The van der Waals surface area contributed by atoms with E-state index < -0.39 is 23.4 Å². The molecule has 3 aromatic carbocycles. The van der Waals surface area contributed by atoms with E-state index in [9.17, 15) is 18.4 Å². The van der Waals surface area contributed by atoms with Gasteiger partial charge in [-0.1, -0.05) is 48.5 Å². The molecule has 3 rings (SSSR count). The normalized spacial score (nSPS) is 10.3. The van der Waals surface area contributed by atoms with Crippen LogP contribution in [0, 0.1) is 11.6 Å². The molecule has 0 aliphatic heterocycles. The first-order valence-corrected chi connectivity index (χ1v) is 9.87. The molecule has 166 valence electrons. The molecule has 0 aliphatic carbocycles. The van der Waals surface area contributed by atoms with Crippen molar-refractivity contribution in [2.24, 2.45) is 0 Å². The molecule has 0 radical (unpaired) electrons. The highest BCUT2D eigenvalue weighted by Crippen LogP contribution is 2.16. The molecule has 0 fully saturated rings. The first-order valence-electron chi connectivity index (χ1n) is 9.87. The van der Waals surface area contributed by atoms with E-state index in [0.717, 1.165) is 11.1 Å². The van der Waals surface area contributed by atoms with E-state index in [1.54, 1.807) is 18.2 Å². The number of rotatable bonds is 10. The van der Waals surface area contributed by atoms with Gasteiger partial charge >= 0.3 is 0 Å². The third-order valence-corrected chi connectivity index (χ3v) is 4.36. The van der Waals surface area contributed by atoms with Crippen molar-refractivity contribution in [3.63, 3.8) is 0 Å². The van der Waals surface area contributed by atoms with E-state index in [0.29, 0.717) is 0 Å². The van der Waals surface area contributed by atoms with Crippen molar-refractivity contribution >= 4 is 11.8 Å². The van der Waals surface area contributed by atoms with Crippen molar-refractivity contribution < 1.29 is 27.8 Å². The molecule has 3 aromatic rings. The molecule has 0 aromatic heterocycles. The van der Waals surface area contributed by atoms with E-state index in [-0.39, 0.29) is 37.8 Å². The molecular formula is C24H22F2N2O4. The monoisotopic (exact) mass is 440 g/mol. The van der Waals surface area contributed by atoms with Crippen molar-refractivity contribution in [3.05, 3.63) is 95.6 Å². The molecule has 2 N–H and O–H groups in total. The number of nitrogens with one attached hydrogen (secondary N) is 2.